The highest BCUT2D eigenvalue weighted by atomic mass is 79.9. The minimum absolute atomic E-state index is 0.190. The summed E-state index contributed by atoms with van der Waals surface area (Å²) in [4.78, 5) is 0. The molecule has 3 rings (SSSR count). The molecule has 2 saturated carbocycles. The summed E-state index contributed by atoms with van der Waals surface area (Å²) in [5.41, 5.74) is 3.47. The Morgan fingerprint density at radius 2 is 2.24 bits per heavy atom. The topological polar surface area (TPSA) is 56.7 Å². The zero-order chi connectivity index (χ0) is 14.8. The lowest BCUT2D eigenvalue weighted by atomic mass is 9.96. The van der Waals surface area contributed by atoms with E-state index in [0.29, 0.717) is 16.7 Å². The van der Waals surface area contributed by atoms with E-state index in [4.69, 9.17) is 12.2 Å². The van der Waals surface area contributed by atoms with Crippen LogP contribution in [0.25, 0.3) is 0 Å². The zero-order valence-electron chi connectivity index (χ0n) is 11.6. The smallest absolute Gasteiger partial charge is 0.187 e. The van der Waals surface area contributed by atoms with Gasteiger partial charge in [0.2, 0.25) is 0 Å². The minimum atomic E-state index is 0.190. The van der Waals surface area contributed by atoms with Crippen molar-refractivity contribution in [1.82, 2.24) is 10.7 Å². The van der Waals surface area contributed by atoms with Crippen molar-refractivity contribution >= 4 is 39.5 Å². The van der Waals surface area contributed by atoms with Gasteiger partial charge in [-0.2, -0.15) is 5.10 Å². The van der Waals surface area contributed by atoms with Crippen LogP contribution < -0.4 is 10.7 Å². The van der Waals surface area contributed by atoms with Crippen LogP contribution in [0.2, 0.25) is 0 Å². The van der Waals surface area contributed by atoms with Crippen LogP contribution in [-0.2, 0) is 0 Å². The van der Waals surface area contributed by atoms with Gasteiger partial charge in [-0.3, -0.25) is 5.43 Å². The van der Waals surface area contributed by atoms with E-state index in [1.807, 2.05) is 0 Å². The van der Waals surface area contributed by atoms with E-state index in [2.05, 4.69) is 31.8 Å². The number of fused-ring (bicyclic) bond motifs is 2. The van der Waals surface area contributed by atoms with E-state index < -0.39 is 0 Å². The fourth-order valence-electron chi connectivity index (χ4n) is 3.41. The maximum atomic E-state index is 9.71. The molecule has 3 atom stereocenters. The van der Waals surface area contributed by atoms with Gasteiger partial charge in [-0.15, -0.1) is 0 Å². The molecule has 0 saturated heterocycles. The predicted octanol–water partition coefficient (Wildman–Crippen LogP) is 3.14. The SMILES string of the molecule is Oc1ccc(Br)cc1/C=N\NC(=S)N[C@@H]1C[C@@H]2CC[C@@H]1C2. The standard InChI is InChI=1S/C15H18BrN3OS/c16-12-3-4-14(20)11(7-12)8-17-19-15(21)18-13-6-9-1-2-10(13)5-9/h3-4,7-10,13,20H,1-2,5-6H2,(H2,18,19,21)/b17-8-/t9-,10-,13-/m1/s1. The van der Waals surface area contributed by atoms with Crippen LogP contribution in [0.1, 0.15) is 31.2 Å². The fraction of sp³-hybridized carbons (Fsp3) is 0.467. The lowest BCUT2D eigenvalue weighted by Gasteiger charge is -2.23. The highest BCUT2D eigenvalue weighted by molar-refractivity contribution is 9.10. The molecule has 2 fully saturated rings. The van der Waals surface area contributed by atoms with Gasteiger partial charge in [0.15, 0.2) is 5.11 Å². The van der Waals surface area contributed by atoms with Crippen molar-refractivity contribution in [3.8, 4) is 5.75 Å². The first-order valence-electron chi connectivity index (χ1n) is 7.20. The van der Waals surface area contributed by atoms with Gasteiger partial charge < -0.3 is 10.4 Å². The number of halogens is 1. The monoisotopic (exact) mass is 367 g/mol. The Labute approximate surface area is 138 Å². The van der Waals surface area contributed by atoms with Crippen molar-refractivity contribution in [3.05, 3.63) is 28.2 Å². The summed E-state index contributed by atoms with van der Waals surface area (Å²) < 4.78 is 0.893. The van der Waals surface area contributed by atoms with Crippen molar-refractivity contribution in [2.24, 2.45) is 16.9 Å². The molecule has 0 unspecified atom stereocenters. The number of hydrazone groups is 1. The molecule has 4 nitrogen and oxygen atoms in total. The Morgan fingerprint density at radius 1 is 1.38 bits per heavy atom. The van der Waals surface area contributed by atoms with Gasteiger partial charge in [0, 0.05) is 16.1 Å². The molecule has 21 heavy (non-hydrogen) atoms. The first-order chi connectivity index (χ1) is 10.1. The van der Waals surface area contributed by atoms with Crippen molar-refractivity contribution in [2.75, 3.05) is 0 Å². The van der Waals surface area contributed by atoms with Crippen LogP contribution in [0, 0.1) is 11.8 Å². The Kier molecular flexibility index (Phi) is 4.45. The largest absolute Gasteiger partial charge is 0.507 e. The molecule has 0 aliphatic heterocycles. The molecule has 1 aromatic carbocycles. The van der Waals surface area contributed by atoms with Crippen molar-refractivity contribution < 1.29 is 5.11 Å². The molecule has 112 valence electrons. The third kappa shape index (κ3) is 3.55. The molecule has 0 aromatic heterocycles. The van der Waals surface area contributed by atoms with E-state index in [-0.39, 0.29) is 5.75 Å². The molecule has 0 spiro atoms. The molecule has 6 heteroatoms. The maximum Gasteiger partial charge on any atom is 0.187 e. The Hall–Kier alpha value is -1.14. The molecule has 1 aromatic rings. The number of phenolic OH excluding ortho intramolecular Hbond substituents is 1. The quantitative estimate of drug-likeness (QED) is 0.436. The van der Waals surface area contributed by atoms with Crippen LogP contribution in [0.15, 0.2) is 27.8 Å². The number of aromatic hydroxyl groups is 1. The number of nitrogens with one attached hydrogen (secondary N) is 2. The summed E-state index contributed by atoms with van der Waals surface area (Å²) in [5, 5.41) is 17.7. The van der Waals surface area contributed by atoms with E-state index in [9.17, 15) is 5.11 Å². The summed E-state index contributed by atoms with van der Waals surface area (Å²) in [7, 11) is 0. The molecule has 2 aliphatic rings. The number of benzene rings is 1. The van der Waals surface area contributed by atoms with Crippen LogP contribution in [0.5, 0.6) is 5.75 Å². The molecule has 0 heterocycles. The summed E-state index contributed by atoms with van der Waals surface area (Å²) in [6, 6.07) is 5.70. The molecule has 2 bridgehead atoms. The van der Waals surface area contributed by atoms with Gasteiger partial charge in [-0.25, -0.2) is 0 Å². The second-order valence-electron chi connectivity index (χ2n) is 5.83. The van der Waals surface area contributed by atoms with E-state index >= 15 is 0 Å². The van der Waals surface area contributed by atoms with Gasteiger partial charge in [0.05, 0.1) is 6.21 Å². The molecule has 0 radical (unpaired) electrons. The average molecular weight is 368 g/mol. The highest BCUT2D eigenvalue weighted by Gasteiger charge is 2.39. The number of thiocarbonyl (C=S) groups is 1. The van der Waals surface area contributed by atoms with Crippen LogP contribution in [-0.4, -0.2) is 22.5 Å². The Bertz CT molecular complexity index is 578. The third-order valence-corrected chi connectivity index (χ3v) is 5.12. The predicted molar refractivity (Wildman–Crippen MR) is 91.5 cm³/mol. The number of rotatable bonds is 3. The van der Waals surface area contributed by atoms with Gasteiger partial charge in [-0.05, 0) is 61.5 Å². The van der Waals surface area contributed by atoms with Crippen LogP contribution in [0.3, 0.4) is 0 Å². The minimum Gasteiger partial charge on any atom is -0.507 e. The van der Waals surface area contributed by atoms with Gasteiger partial charge >= 0.3 is 0 Å². The maximum absolute atomic E-state index is 9.71. The molecule has 0 amide bonds. The number of phenols is 1. The number of hydrogen-bond acceptors (Lipinski definition) is 3. The van der Waals surface area contributed by atoms with Crippen LogP contribution in [0.4, 0.5) is 0 Å². The third-order valence-electron chi connectivity index (χ3n) is 4.41. The summed E-state index contributed by atoms with van der Waals surface area (Å²) in [6.45, 7) is 0. The normalized spacial score (nSPS) is 27.2. The molecular formula is C15H18BrN3OS. The molecule has 3 N–H and O–H groups in total. The van der Waals surface area contributed by atoms with Crippen molar-refractivity contribution in [1.29, 1.82) is 0 Å². The summed E-state index contributed by atoms with van der Waals surface area (Å²) in [6.07, 6.45) is 6.83. The van der Waals surface area contributed by atoms with Crippen molar-refractivity contribution in [3.63, 3.8) is 0 Å². The second-order valence-corrected chi connectivity index (χ2v) is 7.15. The Balaban J connectivity index is 1.51. The van der Waals surface area contributed by atoms with E-state index in [0.717, 1.165) is 16.3 Å². The van der Waals surface area contributed by atoms with Gasteiger partial charge in [-0.1, -0.05) is 22.4 Å². The Morgan fingerprint density at radius 3 is 2.95 bits per heavy atom. The van der Waals surface area contributed by atoms with Gasteiger partial charge in [0.25, 0.3) is 0 Å². The van der Waals surface area contributed by atoms with Crippen LogP contribution >= 0.6 is 28.1 Å². The fourth-order valence-corrected chi connectivity index (χ4v) is 3.99. The van der Waals surface area contributed by atoms with E-state index in [1.165, 1.54) is 25.7 Å². The second kappa shape index (κ2) is 6.32. The van der Waals surface area contributed by atoms with Gasteiger partial charge in [0.1, 0.15) is 5.75 Å². The van der Waals surface area contributed by atoms with Crippen molar-refractivity contribution in [2.45, 2.75) is 31.7 Å². The number of hydrogen-bond donors (Lipinski definition) is 3. The first-order valence-corrected chi connectivity index (χ1v) is 8.40. The zero-order valence-corrected chi connectivity index (χ0v) is 14.0. The number of nitrogens with zero attached hydrogens (tertiary/aromatic N) is 1. The van der Waals surface area contributed by atoms with E-state index in [1.54, 1.807) is 24.4 Å². The molecular weight excluding hydrogens is 350 g/mol. The molecule has 2 aliphatic carbocycles. The summed E-state index contributed by atoms with van der Waals surface area (Å²) >= 11 is 8.64. The average Bonchev–Trinajstić information content (AvgIpc) is 3.05. The first kappa shape index (κ1) is 14.8. The lowest BCUT2D eigenvalue weighted by molar-refractivity contribution is 0.389. The lowest BCUT2D eigenvalue weighted by Crippen LogP contribution is -2.42. The summed E-state index contributed by atoms with van der Waals surface area (Å²) in [5.74, 6) is 1.85. The highest BCUT2D eigenvalue weighted by Crippen LogP contribution is 2.44.